The summed E-state index contributed by atoms with van der Waals surface area (Å²) in [5.41, 5.74) is 7.89. The molecule has 2 nitrogen and oxygen atoms in total. The van der Waals surface area contributed by atoms with Crippen molar-refractivity contribution < 1.29 is 4.74 Å². The summed E-state index contributed by atoms with van der Waals surface area (Å²) < 4.78 is 6.83. The van der Waals surface area contributed by atoms with E-state index in [0.717, 1.165) is 21.3 Å². The van der Waals surface area contributed by atoms with Gasteiger partial charge in [0.25, 0.3) is 0 Å². The maximum Gasteiger partial charge on any atom is 0.124 e. The Bertz CT molecular complexity index is 572. The third kappa shape index (κ3) is 3.72. The monoisotopic (exact) mass is 339 g/mol. The average Bonchev–Trinajstić information content (AvgIpc) is 2.38. The lowest BCUT2D eigenvalue weighted by Crippen LogP contribution is -2.08. The number of hydrogen-bond acceptors (Lipinski definition) is 2. The smallest absolute Gasteiger partial charge is 0.124 e. The van der Waals surface area contributed by atoms with E-state index >= 15 is 0 Å². The zero-order valence-electron chi connectivity index (χ0n) is 10.6. The first-order valence-corrected chi connectivity index (χ1v) is 7.16. The maximum atomic E-state index is 6.11. The van der Waals surface area contributed by atoms with Crippen molar-refractivity contribution in [2.24, 2.45) is 5.73 Å². The van der Waals surface area contributed by atoms with Crippen LogP contribution in [0.5, 0.6) is 5.75 Å². The fourth-order valence-corrected chi connectivity index (χ4v) is 2.35. The van der Waals surface area contributed by atoms with E-state index in [4.69, 9.17) is 22.1 Å². The van der Waals surface area contributed by atoms with Crippen LogP contribution in [0.3, 0.4) is 0 Å². The molecule has 4 heteroatoms. The molecular formula is C15H15BrClNO. The van der Waals surface area contributed by atoms with Crippen LogP contribution in [0.25, 0.3) is 0 Å². The third-order valence-corrected chi connectivity index (χ3v) is 3.67. The number of rotatable bonds is 4. The van der Waals surface area contributed by atoms with Gasteiger partial charge in [-0.15, -0.1) is 0 Å². The van der Waals surface area contributed by atoms with Gasteiger partial charge in [-0.1, -0.05) is 45.7 Å². The molecule has 0 saturated heterocycles. The Morgan fingerprint density at radius 1 is 1.26 bits per heavy atom. The maximum absolute atomic E-state index is 6.11. The molecule has 1 atom stereocenters. The number of benzene rings is 2. The lowest BCUT2D eigenvalue weighted by atomic mass is 10.1. The highest BCUT2D eigenvalue weighted by Crippen LogP contribution is 2.28. The number of halogens is 2. The van der Waals surface area contributed by atoms with Crippen molar-refractivity contribution in [1.29, 1.82) is 0 Å². The summed E-state index contributed by atoms with van der Waals surface area (Å²) in [6, 6.07) is 13.4. The highest BCUT2D eigenvalue weighted by atomic mass is 79.9. The summed E-state index contributed by atoms with van der Waals surface area (Å²) in [5.74, 6) is 0.790. The largest absolute Gasteiger partial charge is 0.489 e. The fraction of sp³-hybridized carbons (Fsp3) is 0.200. The van der Waals surface area contributed by atoms with Crippen LogP contribution in [0.2, 0.25) is 5.02 Å². The summed E-state index contributed by atoms with van der Waals surface area (Å²) in [6.07, 6.45) is 0. The van der Waals surface area contributed by atoms with Crippen molar-refractivity contribution in [3.63, 3.8) is 0 Å². The highest BCUT2D eigenvalue weighted by Gasteiger charge is 2.09. The zero-order chi connectivity index (χ0) is 13.8. The topological polar surface area (TPSA) is 35.2 Å². The van der Waals surface area contributed by atoms with Gasteiger partial charge in [0.1, 0.15) is 12.4 Å². The molecule has 100 valence electrons. The lowest BCUT2D eigenvalue weighted by molar-refractivity contribution is 0.301. The first-order valence-electron chi connectivity index (χ1n) is 5.99. The molecule has 2 rings (SSSR count). The fourth-order valence-electron chi connectivity index (χ4n) is 1.78. The Labute approximate surface area is 126 Å². The minimum atomic E-state index is -0.0845. The van der Waals surface area contributed by atoms with E-state index in [1.165, 1.54) is 0 Å². The first-order chi connectivity index (χ1) is 9.08. The molecule has 2 aromatic carbocycles. The van der Waals surface area contributed by atoms with Crippen LogP contribution in [0.4, 0.5) is 0 Å². The Kier molecular flexibility index (Phi) is 4.86. The number of hydrogen-bond donors (Lipinski definition) is 1. The highest BCUT2D eigenvalue weighted by molar-refractivity contribution is 9.10. The van der Waals surface area contributed by atoms with E-state index in [0.29, 0.717) is 11.6 Å². The summed E-state index contributed by atoms with van der Waals surface area (Å²) in [5, 5.41) is 0.710. The Morgan fingerprint density at radius 3 is 2.68 bits per heavy atom. The summed E-state index contributed by atoms with van der Waals surface area (Å²) >= 11 is 9.55. The van der Waals surface area contributed by atoms with Crippen molar-refractivity contribution in [1.82, 2.24) is 0 Å². The van der Waals surface area contributed by atoms with Crippen molar-refractivity contribution >= 4 is 27.5 Å². The number of ether oxygens (including phenoxy) is 1. The van der Waals surface area contributed by atoms with E-state index in [1.54, 1.807) is 0 Å². The van der Waals surface area contributed by atoms with Gasteiger partial charge in [-0.05, 0) is 31.2 Å². The summed E-state index contributed by atoms with van der Waals surface area (Å²) in [6.45, 7) is 2.37. The third-order valence-electron chi connectivity index (χ3n) is 2.80. The molecule has 0 fully saturated rings. The van der Waals surface area contributed by atoms with Gasteiger partial charge in [0.2, 0.25) is 0 Å². The van der Waals surface area contributed by atoms with Crippen LogP contribution in [0.1, 0.15) is 24.1 Å². The minimum Gasteiger partial charge on any atom is -0.489 e. The molecule has 0 unspecified atom stereocenters. The van der Waals surface area contributed by atoms with Gasteiger partial charge in [-0.25, -0.2) is 0 Å². The number of nitrogens with two attached hydrogens (primary N) is 1. The van der Waals surface area contributed by atoms with Gasteiger partial charge in [0.05, 0.1) is 0 Å². The van der Waals surface area contributed by atoms with E-state index in [1.807, 2.05) is 49.4 Å². The van der Waals surface area contributed by atoms with E-state index in [-0.39, 0.29) is 6.04 Å². The van der Waals surface area contributed by atoms with Crippen molar-refractivity contribution in [2.75, 3.05) is 0 Å². The molecule has 0 aliphatic heterocycles. The molecule has 0 radical (unpaired) electrons. The Hall–Kier alpha value is -1.03. The SMILES string of the molecule is C[C@H](N)c1cc(Br)ccc1OCc1ccccc1Cl. The Balaban J connectivity index is 2.18. The molecule has 0 aliphatic carbocycles. The second-order valence-electron chi connectivity index (χ2n) is 4.35. The van der Waals surface area contributed by atoms with Crippen LogP contribution in [-0.2, 0) is 6.61 Å². The molecule has 0 heterocycles. The second-order valence-corrected chi connectivity index (χ2v) is 5.67. The average molecular weight is 341 g/mol. The molecule has 19 heavy (non-hydrogen) atoms. The summed E-state index contributed by atoms with van der Waals surface area (Å²) in [7, 11) is 0. The van der Waals surface area contributed by atoms with Crippen LogP contribution >= 0.6 is 27.5 Å². The zero-order valence-corrected chi connectivity index (χ0v) is 12.9. The molecular weight excluding hydrogens is 326 g/mol. The van der Waals surface area contributed by atoms with Crippen molar-refractivity contribution in [2.45, 2.75) is 19.6 Å². The van der Waals surface area contributed by atoms with Crippen LogP contribution in [0.15, 0.2) is 46.9 Å². The molecule has 0 aromatic heterocycles. The van der Waals surface area contributed by atoms with Crippen molar-refractivity contribution in [3.05, 3.63) is 63.1 Å². The molecule has 2 N–H and O–H groups in total. The molecule has 0 amide bonds. The first kappa shape index (κ1) is 14.4. The molecule has 0 aliphatic rings. The van der Waals surface area contributed by atoms with Crippen LogP contribution < -0.4 is 10.5 Å². The quantitative estimate of drug-likeness (QED) is 0.875. The van der Waals surface area contributed by atoms with E-state index in [2.05, 4.69) is 15.9 Å². The standard InChI is InChI=1S/C15H15BrClNO/c1-10(18)13-8-12(16)6-7-15(13)19-9-11-4-2-3-5-14(11)17/h2-8,10H,9,18H2,1H3/t10-/m0/s1. The van der Waals surface area contributed by atoms with Crippen LogP contribution in [-0.4, -0.2) is 0 Å². The predicted molar refractivity (Wildman–Crippen MR) is 82.5 cm³/mol. The lowest BCUT2D eigenvalue weighted by Gasteiger charge is -2.15. The van der Waals surface area contributed by atoms with Gasteiger partial charge in [-0.2, -0.15) is 0 Å². The van der Waals surface area contributed by atoms with E-state index < -0.39 is 0 Å². The van der Waals surface area contributed by atoms with Gasteiger partial charge >= 0.3 is 0 Å². The van der Waals surface area contributed by atoms with Crippen LogP contribution in [0, 0.1) is 0 Å². The van der Waals surface area contributed by atoms with Crippen molar-refractivity contribution in [3.8, 4) is 5.75 Å². The molecule has 0 saturated carbocycles. The minimum absolute atomic E-state index is 0.0845. The second kappa shape index (κ2) is 6.42. The Morgan fingerprint density at radius 2 is 2.00 bits per heavy atom. The van der Waals surface area contributed by atoms with Gasteiger partial charge in [0, 0.05) is 26.7 Å². The van der Waals surface area contributed by atoms with Gasteiger partial charge in [-0.3, -0.25) is 0 Å². The summed E-state index contributed by atoms with van der Waals surface area (Å²) in [4.78, 5) is 0. The predicted octanol–water partition coefficient (Wildman–Crippen LogP) is 4.70. The van der Waals surface area contributed by atoms with Gasteiger partial charge in [0.15, 0.2) is 0 Å². The molecule has 0 bridgehead atoms. The molecule has 0 spiro atoms. The molecule has 2 aromatic rings. The normalized spacial score (nSPS) is 12.2. The van der Waals surface area contributed by atoms with Gasteiger partial charge < -0.3 is 10.5 Å². The van der Waals surface area contributed by atoms with E-state index in [9.17, 15) is 0 Å².